The smallest absolute Gasteiger partial charge is 0.336 e. The average molecular weight is 481 g/mol. The lowest BCUT2D eigenvalue weighted by atomic mass is 9.93. The van der Waals surface area contributed by atoms with Gasteiger partial charge in [-0.15, -0.1) is 0 Å². The van der Waals surface area contributed by atoms with E-state index >= 15 is 0 Å². The van der Waals surface area contributed by atoms with Crippen LogP contribution in [0.2, 0.25) is 0 Å². The number of hydrogen-bond acceptors (Lipinski definition) is 3. The van der Waals surface area contributed by atoms with E-state index in [1.807, 2.05) is 97.1 Å². The number of aromatic amines is 2. The number of benzene rings is 2. The Hall–Kier alpha value is -5.23. The molecule has 0 radical (unpaired) electrons. The minimum Gasteiger partial charge on any atom is -0.478 e. The zero-order valence-corrected chi connectivity index (χ0v) is 19.6. The van der Waals surface area contributed by atoms with Gasteiger partial charge in [-0.2, -0.15) is 0 Å². The lowest BCUT2D eigenvalue weighted by Crippen LogP contribution is -2.00. The normalized spacial score (nSPS) is 12.3. The molecule has 0 aliphatic carbocycles. The molecule has 2 aliphatic rings. The van der Waals surface area contributed by atoms with Gasteiger partial charge >= 0.3 is 5.97 Å². The van der Waals surface area contributed by atoms with E-state index in [9.17, 15) is 9.90 Å². The van der Waals surface area contributed by atoms with Crippen LogP contribution in [0.15, 0.2) is 78.9 Å². The van der Waals surface area contributed by atoms with Crippen LogP contribution in [0.5, 0.6) is 0 Å². The summed E-state index contributed by atoms with van der Waals surface area (Å²) in [6, 6.07) is 25.3. The first-order valence-corrected chi connectivity index (χ1v) is 11.9. The van der Waals surface area contributed by atoms with Crippen molar-refractivity contribution in [1.29, 1.82) is 0 Å². The van der Waals surface area contributed by atoms with Crippen LogP contribution in [-0.4, -0.2) is 31.0 Å². The lowest BCUT2D eigenvalue weighted by molar-refractivity contribution is 0.0698. The Labute approximate surface area is 211 Å². The maximum Gasteiger partial charge on any atom is 0.336 e. The third kappa shape index (κ3) is 3.81. The van der Waals surface area contributed by atoms with E-state index in [1.54, 1.807) is 6.07 Å². The van der Waals surface area contributed by atoms with Gasteiger partial charge in [0.1, 0.15) is 0 Å². The standard InChI is InChI=1S/C31H20N4O2/c36-31(37)27-12-5-18-3-1-2-4-26(18)30(27)28-16-25-15-23-9-8-21(33-23)13-19-6-7-20(32-19)14-22-10-11-24(34-22)17-29(28)35-25/h1-17,32,35H,(H,36,37). The van der Waals surface area contributed by atoms with Crippen LogP contribution >= 0.6 is 0 Å². The molecule has 2 aromatic carbocycles. The molecule has 8 bridgehead atoms. The Kier molecular flexibility index (Phi) is 4.66. The zero-order valence-electron chi connectivity index (χ0n) is 19.6. The third-order valence-electron chi connectivity index (χ3n) is 6.60. The molecule has 176 valence electrons. The highest BCUT2D eigenvalue weighted by Crippen LogP contribution is 2.36. The first kappa shape index (κ1) is 21.1. The largest absolute Gasteiger partial charge is 0.478 e. The van der Waals surface area contributed by atoms with Gasteiger partial charge in [-0.25, -0.2) is 14.8 Å². The Morgan fingerprint density at radius 2 is 1.27 bits per heavy atom. The van der Waals surface area contributed by atoms with E-state index in [1.165, 1.54) is 0 Å². The van der Waals surface area contributed by atoms with Crippen LogP contribution < -0.4 is 0 Å². The number of rotatable bonds is 2. The van der Waals surface area contributed by atoms with Crippen LogP contribution in [-0.2, 0) is 0 Å². The van der Waals surface area contributed by atoms with Crippen LogP contribution in [0.3, 0.4) is 0 Å². The van der Waals surface area contributed by atoms with Gasteiger partial charge in [0.2, 0.25) is 0 Å². The molecule has 37 heavy (non-hydrogen) atoms. The number of carbonyl (C=O) groups is 1. The van der Waals surface area contributed by atoms with Gasteiger partial charge < -0.3 is 15.1 Å². The van der Waals surface area contributed by atoms with Crippen molar-refractivity contribution in [3.8, 4) is 11.1 Å². The fourth-order valence-corrected chi connectivity index (χ4v) is 4.96. The van der Waals surface area contributed by atoms with Crippen molar-refractivity contribution >= 4 is 63.1 Å². The quantitative estimate of drug-likeness (QED) is 0.244. The molecule has 0 unspecified atom stereocenters. The van der Waals surface area contributed by atoms with Crippen LogP contribution in [0.4, 0.5) is 0 Å². The molecule has 6 heteroatoms. The van der Waals surface area contributed by atoms with Crippen LogP contribution in [0, 0.1) is 0 Å². The Balaban J connectivity index is 1.59. The Bertz CT molecular complexity index is 1970. The molecule has 5 heterocycles. The molecule has 5 aromatic rings. The number of fused-ring (bicyclic) bond motifs is 9. The topological polar surface area (TPSA) is 94.7 Å². The molecular formula is C31H20N4O2. The van der Waals surface area contributed by atoms with Crippen LogP contribution in [0.1, 0.15) is 33.1 Å². The molecule has 3 N–H and O–H groups in total. The Morgan fingerprint density at radius 3 is 1.95 bits per heavy atom. The molecule has 0 fully saturated rings. The highest BCUT2D eigenvalue weighted by molar-refractivity contribution is 6.10. The van der Waals surface area contributed by atoms with E-state index in [2.05, 4.69) is 9.97 Å². The summed E-state index contributed by atoms with van der Waals surface area (Å²) in [6.07, 6.45) is 7.87. The fraction of sp³-hybridized carbons (Fsp3) is 0. The molecule has 0 saturated heterocycles. The van der Waals surface area contributed by atoms with Gasteiger partial charge in [0.25, 0.3) is 0 Å². The number of nitrogens with one attached hydrogen (secondary N) is 2. The van der Waals surface area contributed by atoms with Crippen molar-refractivity contribution in [3.05, 3.63) is 107 Å². The summed E-state index contributed by atoms with van der Waals surface area (Å²) in [5, 5.41) is 11.9. The molecule has 2 aliphatic heterocycles. The van der Waals surface area contributed by atoms with E-state index in [0.717, 1.165) is 61.2 Å². The molecule has 6 nitrogen and oxygen atoms in total. The second kappa shape index (κ2) is 8.17. The molecular weight excluding hydrogens is 460 g/mol. The molecule has 0 saturated carbocycles. The van der Waals surface area contributed by atoms with Gasteiger partial charge in [0, 0.05) is 33.2 Å². The highest BCUT2D eigenvalue weighted by Gasteiger charge is 2.18. The summed E-state index contributed by atoms with van der Waals surface area (Å²) in [5.74, 6) is -0.969. The number of aromatic nitrogens is 4. The molecule has 0 atom stereocenters. The van der Waals surface area contributed by atoms with Crippen molar-refractivity contribution in [2.75, 3.05) is 0 Å². The third-order valence-corrected chi connectivity index (χ3v) is 6.60. The minimum absolute atomic E-state index is 0.250. The minimum atomic E-state index is -0.969. The van der Waals surface area contributed by atoms with Crippen molar-refractivity contribution < 1.29 is 9.90 Å². The van der Waals surface area contributed by atoms with Gasteiger partial charge in [-0.1, -0.05) is 30.3 Å². The highest BCUT2D eigenvalue weighted by atomic mass is 16.4. The summed E-state index contributed by atoms with van der Waals surface area (Å²) in [4.78, 5) is 28.7. The van der Waals surface area contributed by atoms with E-state index < -0.39 is 5.97 Å². The first-order valence-electron chi connectivity index (χ1n) is 11.9. The molecule has 3 aromatic heterocycles. The maximum absolute atomic E-state index is 12.3. The molecule has 7 rings (SSSR count). The van der Waals surface area contributed by atoms with Gasteiger partial charge in [0.05, 0.1) is 28.3 Å². The van der Waals surface area contributed by atoms with Gasteiger partial charge in [-0.05, 0) is 83.6 Å². The lowest BCUT2D eigenvalue weighted by Gasteiger charge is -2.10. The van der Waals surface area contributed by atoms with E-state index in [0.29, 0.717) is 5.56 Å². The predicted octanol–water partition coefficient (Wildman–Crippen LogP) is 7.17. The predicted molar refractivity (Wildman–Crippen MR) is 149 cm³/mol. The summed E-state index contributed by atoms with van der Waals surface area (Å²) in [6.45, 7) is 0. The SMILES string of the molecule is O=C(O)c1ccc2ccccc2c1-c1cc2cc3nc(cc4ccc(cc5nc(cc1[nH]2)C=C5)[nH]4)C=C3. The van der Waals surface area contributed by atoms with Gasteiger partial charge in [0.15, 0.2) is 0 Å². The number of hydrogen-bond donors (Lipinski definition) is 3. The summed E-state index contributed by atoms with van der Waals surface area (Å²) in [5.41, 5.74) is 8.49. The number of carboxylic acids is 1. The van der Waals surface area contributed by atoms with Crippen LogP contribution in [0.25, 0.3) is 68.3 Å². The second-order valence-corrected chi connectivity index (χ2v) is 9.10. The fourth-order valence-electron chi connectivity index (χ4n) is 4.96. The number of carboxylic acid groups (broad SMARTS) is 1. The molecule has 0 amide bonds. The summed E-state index contributed by atoms with van der Waals surface area (Å²) >= 11 is 0. The maximum atomic E-state index is 12.3. The van der Waals surface area contributed by atoms with Crippen molar-refractivity contribution in [2.45, 2.75) is 0 Å². The second-order valence-electron chi connectivity index (χ2n) is 9.10. The average Bonchev–Trinajstić information content (AvgIpc) is 3.69. The van der Waals surface area contributed by atoms with Crippen molar-refractivity contribution in [2.24, 2.45) is 0 Å². The Morgan fingerprint density at radius 1 is 0.649 bits per heavy atom. The monoisotopic (exact) mass is 480 g/mol. The van der Waals surface area contributed by atoms with E-state index in [4.69, 9.17) is 9.97 Å². The summed E-state index contributed by atoms with van der Waals surface area (Å²) < 4.78 is 0. The number of nitrogens with zero attached hydrogens (tertiary/aromatic N) is 2. The summed E-state index contributed by atoms with van der Waals surface area (Å²) in [7, 11) is 0. The number of aromatic carboxylic acids is 1. The van der Waals surface area contributed by atoms with Crippen molar-refractivity contribution in [1.82, 2.24) is 19.9 Å². The molecule has 0 spiro atoms. The van der Waals surface area contributed by atoms with E-state index in [-0.39, 0.29) is 5.56 Å². The first-order chi connectivity index (χ1) is 18.1. The van der Waals surface area contributed by atoms with Gasteiger partial charge in [-0.3, -0.25) is 0 Å². The van der Waals surface area contributed by atoms with Crippen molar-refractivity contribution in [3.63, 3.8) is 0 Å². The zero-order chi connectivity index (χ0) is 24.9. The number of H-pyrrole nitrogens is 2.